The van der Waals surface area contributed by atoms with Gasteiger partial charge in [0, 0.05) is 61.8 Å². The first-order valence-corrected chi connectivity index (χ1v) is 24.3. The molecule has 0 amide bonds. The average molecular weight is 897 g/mol. The van der Waals surface area contributed by atoms with Crippen molar-refractivity contribution in [2.45, 2.75) is 18.3 Å². The molecule has 0 radical (unpaired) electrons. The van der Waals surface area contributed by atoms with Gasteiger partial charge in [0.25, 0.3) is 0 Å². The Balaban J connectivity index is 1.07. The number of hydrogen-bond donors (Lipinski definition) is 0. The largest absolute Gasteiger partial charge is 0.455 e. The van der Waals surface area contributed by atoms with Crippen LogP contribution >= 0.6 is 0 Å². The fraction of sp³-hybridized carbons (Fsp3) is 0.0448. The standard InChI is InChI=1S/C67H48N2O/c1-7-21-47(22-8-1)49-25-19-35-55(43-49)68(53-31-15-5-16-32-53)57-37-38-58-61-46-62-65-59(41-42-67(62,51-27-11-3-12-28-51)52-29-13-4-14-30-52)63(40-39-60(65)66(61)70-64(58)45-57)69(54-33-17-6-18-34-54)56-36-20-26-50(44-56)48-23-9-2-10-24-48/h1-40,43-46H,41-42H2. The third kappa shape index (κ3) is 6.97. The van der Waals surface area contributed by atoms with Crippen LogP contribution < -0.4 is 9.80 Å². The van der Waals surface area contributed by atoms with Gasteiger partial charge in [-0.15, -0.1) is 0 Å². The van der Waals surface area contributed by atoms with E-state index in [2.05, 4.69) is 277 Å². The van der Waals surface area contributed by atoms with Crippen molar-refractivity contribution in [3.05, 3.63) is 289 Å². The van der Waals surface area contributed by atoms with Crippen molar-refractivity contribution < 1.29 is 4.42 Å². The van der Waals surface area contributed by atoms with Crippen LogP contribution in [0.2, 0.25) is 0 Å². The molecule has 13 rings (SSSR count). The maximum absolute atomic E-state index is 7.27. The zero-order valence-corrected chi connectivity index (χ0v) is 38.6. The lowest BCUT2D eigenvalue weighted by Crippen LogP contribution is -2.33. The molecule has 0 saturated carbocycles. The summed E-state index contributed by atoms with van der Waals surface area (Å²) in [6.45, 7) is 0. The molecule has 0 atom stereocenters. The van der Waals surface area contributed by atoms with Gasteiger partial charge in [-0.2, -0.15) is 0 Å². The molecule has 12 aromatic rings. The topological polar surface area (TPSA) is 19.6 Å². The molecule has 0 fully saturated rings. The summed E-state index contributed by atoms with van der Waals surface area (Å²) in [6.07, 6.45) is 1.75. The zero-order valence-electron chi connectivity index (χ0n) is 38.6. The van der Waals surface area contributed by atoms with Gasteiger partial charge in [-0.1, -0.05) is 182 Å². The van der Waals surface area contributed by atoms with Gasteiger partial charge in [0.05, 0.1) is 0 Å². The Morgan fingerprint density at radius 3 is 1.37 bits per heavy atom. The highest BCUT2D eigenvalue weighted by Crippen LogP contribution is 2.55. The van der Waals surface area contributed by atoms with Crippen molar-refractivity contribution in [2.75, 3.05) is 9.80 Å². The highest BCUT2D eigenvalue weighted by molar-refractivity contribution is 6.18. The number of benzene rings is 11. The van der Waals surface area contributed by atoms with Crippen LogP contribution in [0.25, 0.3) is 55.0 Å². The Hall–Kier alpha value is -8.92. The van der Waals surface area contributed by atoms with Crippen LogP contribution in [0.3, 0.4) is 0 Å². The van der Waals surface area contributed by atoms with Crippen LogP contribution in [0.5, 0.6) is 0 Å². The van der Waals surface area contributed by atoms with Crippen molar-refractivity contribution in [1.82, 2.24) is 0 Å². The first-order chi connectivity index (χ1) is 34.7. The summed E-state index contributed by atoms with van der Waals surface area (Å²) in [5.41, 5.74) is 17.8. The second-order valence-corrected chi connectivity index (χ2v) is 18.4. The maximum atomic E-state index is 7.27. The molecule has 70 heavy (non-hydrogen) atoms. The van der Waals surface area contributed by atoms with Gasteiger partial charge in [-0.25, -0.2) is 0 Å². The number of aryl methyl sites for hydroxylation is 1. The van der Waals surface area contributed by atoms with Gasteiger partial charge in [0.15, 0.2) is 0 Å². The molecule has 11 aromatic carbocycles. The van der Waals surface area contributed by atoms with E-state index in [9.17, 15) is 0 Å². The van der Waals surface area contributed by atoms with Crippen LogP contribution in [-0.2, 0) is 11.8 Å². The van der Waals surface area contributed by atoms with E-state index in [4.69, 9.17) is 4.42 Å². The molecule has 1 aromatic heterocycles. The van der Waals surface area contributed by atoms with E-state index in [1.54, 1.807) is 0 Å². The Labute approximate surface area is 408 Å². The summed E-state index contributed by atoms with van der Waals surface area (Å²) < 4.78 is 7.27. The van der Waals surface area contributed by atoms with E-state index < -0.39 is 5.41 Å². The molecule has 0 N–H and O–H groups in total. The first-order valence-electron chi connectivity index (χ1n) is 24.3. The van der Waals surface area contributed by atoms with E-state index in [-0.39, 0.29) is 0 Å². The minimum absolute atomic E-state index is 0.428. The summed E-state index contributed by atoms with van der Waals surface area (Å²) in [7, 11) is 0. The Morgan fingerprint density at radius 2 is 0.800 bits per heavy atom. The molecule has 332 valence electrons. The predicted octanol–water partition coefficient (Wildman–Crippen LogP) is 18.3. The average Bonchev–Trinajstić information content (AvgIpc) is 3.81. The quantitative estimate of drug-likeness (QED) is 0.136. The zero-order chi connectivity index (χ0) is 46.4. The fourth-order valence-electron chi connectivity index (χ4n) is 11.3. The number of fused-ring (bicyclic) bond motifs is 4. The van der Waals surface area contributed by atoms with Crippen LogP contribution in [0.1, 0.15) is 28.7 Å². The minimum atomic E-state index is -0.428. The van der Waals surface area contributed by atoms with Gasteiger partial charge >= 0.3 is 0 Å². The van der Waals surface area contributed by atoms with E-state index >= 15 is 0 Å². The van der Waals surface area contributed by atoms with E-state index in [0.717, 1.165) is 68.6 Å². The normalized spacial score (nSPS) is 12.9. The molecule has 1 aliphatic carbocycles. The number of hydrogen-bond acceptors (Lipinski definition) is 3. The van der Waals surface area contributed by atoms with E-state index in [1.807, 2.05) is 0 Å². The van der Waals surface area contributed by atoms with Gasteiger partial charge in [-0.3, -0.25) is 0 Å². The molecule has 0 unspecified atom stereocenters. The second kappa shape index (κ2) is 17.3. The lowest BCUT2D eigenvalue weighted by molar-refractivity contribution is 0.553. The van der Waals surface area contributed by atoms with Crippen molar-refractivity contribution in [3.8, 4) is 22.3 Å². The molecule has 0 saturated heterocycles. The lowest BCUT2D eigenvalue weighted by atomic mass is 9.62. The van der Waals surface area contributed by atoms with Gasteiger partial charge in [0.2, 0.25) is 0 Å². The smallest absolute Gasteiger partial charge is 0.143 e. The Bertz CT molecular complexity index is 3770. The molecular formula is C67H48N2O. The van der Waals surface area contributed by atoms with Crippen LogP contribution in [0.15, 0.2) is 271 Å². The highest BCUT2D eigenvalue weighted by Gasteiger charge is 2.42. The van der Waals surface area contributed by atoms with Gasteiger partial charge in [-0.05, 0) is 142 Å². The Morgan fingerprint density at radius 1 is 0.343 bits per heavy atom. The van der Waals surface area contributed by atoms with E-state index in [1.165, 1.54) is 55.6 Å². The van der Waals surface area contributed by atoms with Crippen LogP contribution in [0.4, 0.5) is 34.1 Å². The maximum Gasteiger partial charge on any atom is 0.143 e. The second-order valence-electron chi connectivity index (χ2n) is 18.4. The monoisotopic (exact) mass is 896 g/mol. The number of para-hydroxylation sites is 2. The van der Waals surface area contributed by atoms with Crippen molar-refractivity contribution >= 4 is 66.8 Å². The summed E-state index contributed by atoms with van der Waals surface area (Å²) in [5.74, 6) is 0. The molecule has 0 aliphatic heterocycles. The highest BCUT2D eigenvalue weighted by atomic mass is 16.3. The minimum Gasteiger partial charge on any atom is -0.455 e. The molecule has 3 nitrogen and oxygen atoms in total. The first kappa shape index (κ1) is 41.3. The molecule has 0 bridgehead atoms. The molecule has 1 aliphatic rings. The summed E-state index contributed by atoms with van der Waals surface area (Å²) >= 11 is 0. The number of anilines is 6. The number of rotatable bonds is 10. The summed E-state index contributed by atoms with van der Waals surface area (Å²) in [6, 6.07) is 96.8. The Kier molecular flexibility index (Phi) is 10.2. The van der Waals surface area contributed by atoms with Crippen molar-refractivity contribution in [3.63, 3.8) is 0 Å². The van der Waals surface area contributed by atoms with Gasteiger partial charge in [0.1, 0.15) is 11.2 Å². The summed E-state index contributed by atoms with van der Waals surface area (Å²) in [5, 5.41) is 4.60. The fourth-order valence-corrected chi connectivity index (χ4v) is 11.3. The molecule has 3 heteroatoms. The van der Waals surface area contributed by atoms with Crippen LogP contribution in [0, 0.1) is 0 Å². The van der Waals surface area contributed by atoms with Crippen LogP contribution in [-0.4, -0.2) is 0 Å². The SMILES string of the molecule is c1ccc(-c2cccc(N(c3ccccc3)c3ccc4c(c3)oc3c5ccc(N(c6ccccc6)c6cccc(-c7ccccc7)c6)c6c5c(cc43)C(c3ccccc3)(c3ccccc3)CC6)c2)cc1. The number of nitrogens with zero attached hydrogens (tertiary/aromatic N) is 2. The summed E-state index contributed by atoms with van der Waals surface area (Å²) in [4.78, 5) is 4.80. The lowest BCUT2D eigenvalue weighted by Gasteiger charge is -2.42. The van der Waals surface area contributed by atoms with Crippen molar-refractivity contribution in [2.24, 2.45) is 0 Å². The molecule has 1 heterocycles. The number of furan rings is 1. The predicted molar refractivity (Wildman–Crippen MR) is 293 cm³/mol. The molecular weight excluding hydrogens is 849 g/mol. The van der Waals surface area contributed by atoms with Gasteiger partial charge < -0.3 is 14.2 Å². The van der Waals surface area contributed by atoms with Crippen molar-refractivity contribution in [1.29, 1.82) is 0 Å². The third-order valence-corrected chi connectivity index (χ3v) is 14.5. The third-order valence-electron chi connectivity index (χ3n) is 14.5. The van der Waals surface area contributed by atoms with E-state index in [0.29, 0.717) is 0 Å². The molecule has 0 spiro atoms.